The van der Waals surface area contributed by atoms with Crippen LogP contribution in [0.4, 0.5) is 4.39 Å². The van der Waals surface area contributed by atoms with Crippen LogP contribution in [0.2, 0.25) is 0 Å². The zero-order chi connectivity index (χ0) is 14.0. The molecule has 19 heavy (non-hydrogen) atoms. The van der Waals surface area contributed by atoms with Crippen LogP contribution in [-0.4, -0.2) is 44.3 Å². The van der Waals surface area contributed by atoms with Crippen molar-refractivity contribution in [1.29, 1.82) is 0 Å². The minimum absolute atomic E-state index is 0.0603. The highest BCUT2D eigenvalue weighted by Crippen LogP contribution is 2.22. The second kappa shape index (κ2) is 5.54. The predicted octanol–water partition coefficient (Wildman–Crippen LogP) is 1.23. The molecule has 0 unspecified atom stereocenters. The van der Waals surface area contributed by atoms with Crippen LogP contribution < -0.4 is 0 Å². The van der Waals surface area contributed by atoms with Crippen molar-refractivity contribution in [3.63, 3.8) is 0 Å². The monoisotopic (exact) mass is 307 g/mol. The molecule has 104 valence electrons. The first kappa shape index (κ1) is 14.4. The number of benzene rings is 1. The number of nitrogens with zero attached hydrogens (tertiary/aromatic N) is 1. The number of sulfonamides is 1. The highest BCUT2D eigenvalue weighted by atomic mass is 35.5. The number of hydrogen-bond donors (Lipinski definition) is 0. The Hall–Kier alpha value is -1.02. The first-order chi connectivity index (χ1) is 8.93. The molecule has 0 spiro atoms. The second-order valence-electron chi connectivity index (χ2n) is 3.94. The normalized spacial score (nSPS) is 17.4. The van der Waals surface area contributed by atoms with Gasteiger partial charge in [-0.1, -0.05) is 0 Å². The molecule has 1 saturated heterocycles. The van der Waals surface area contributed by atoms with Gasteiger partial charge >= 0.3 is 0 Å². The van der Waals surface area contributed by atoms with Crippen molar-refractivity contribution in [2.75, 3.05) is 26.3 Å². The number of rotatable bonds is 3. The molecule has 0 bridgehead atoms. The molecular weight excluding hydrogens is 297 g/mol. The van der Waals surface area contributed by atoms with Crippen molar-refractivity contribution in [3.05, 3.63) is 29.6 Å². The van der Waals surface area contributed by atoms with E-state index in [4.69, 9.17) is 16.3 Å². The molecule has 0 atom stereocenters. The van der Waals surface area contributed by atoms with Gasteiger partial charge in [-0.2, -0.15) is 4.31 Å². The summed E-state index contributed by atoms with van der Waals surface area (Å²) in [5, 5.41) is -0.835. The standard InChI is InChI=1S/C11H11ClFNO4S/c12-11(15)8-1-2-9(13)10(7-8)19(16,17)14-3-5-18-6-4-14/h1-2,7H,3-6H2. The van der Waals surface area contributed by atoms with E-state index in [2.05, 4.69) is 0 Å². The molecule has 0 amide bonds. The van der Waals surface area contributed by atoms with Gasteiger partial charge in [0.25, 0.3) is 5.24 Å². The minimum Gasteiger partial charge on any atom is -0.379 e. The summed E-state index contributed by atoms with van der Waals surface area (Å²) in [6.07, 6.45) is 0. The van der Waals surface area contributed by atoms with Crippen LogP contribution >= 0.6 is 11.6 Å². The summed E-state index contributed by atoms with van der Waals surface area (Å²) < 4.78 is 44.4. The molecule has 2 rings (SSSR count). The van der Waals surface area contributed by atoms with Crippen molar-refractivity contribution in [2.24, 2.45) is 0 Å². The van der Waals surface area contributed by atoms with Gasteiger partial charge in [0.05, 0.1) is 13.2 Å². The quantitative estimate of drug-likeness (QED) is 0.788. The fourth-order valence-corrected chi connectivity index (χ4v) is 3.37. The summed E-state index contributed by atoms with van der Waals surface area (Å²) in [6.45, 7) is 0.825. The van der Waals surface area contributed by atoms with Crippen molar-refractivity contribution in [1.82, 2.24) is 4.31 Å². The maximum absolute atomic E-state index is 13.7. The van der Waals surface area contributed by atoms with Gasteiger partial charge in [-0.15, -0.1) is 0 Å². The van der Waals surface area contributed by atoms with Crippen molar-refractivity contribution in [3.8, 4) is 0 Å². The average Bonchev–Trinajstić information content (AvgIpc) is 2.39. The number of morpholine rings is 1. The molecule has 1 aliphatic heterocycles. The number of ether oxygens (including phenoxy) is 1. The Morgan fingerprint density at radius 3 is 2.53 bits per heavy atom. The van der Waals surface area contributed by atoms with Gasteiger partial charge in [-0.05, 0) is 29.8 Å². The van der Waals surface area contributed by atoms with Gasteiger partial charge in [-0.25, -0.2) is 12.8 Å². The van der Waals surface area contributed by atoms with E-state index in [9.17, 15) is 17.6 Å². The minimum atomic E-state index is -3.98. The maximum atomic E-state index is 13.7. The van der Waals surface area contributed by atoms with Gasteiger partial charge in [0.2, 0.25) is 10.0 Å². The maximum Gasteiger partial charge on any atom is 0.252 e. The van der Waals surface area contributed by atoms with Crippen molar-refractivity contribution in [2.45, 2.75) is 4.90 Å². The molecule has 1 heterocycles. The van der Waals surface area contributed by atoms with Crippen LogP contribution in [0.1, 0.15) is 10.4 Å². The lowest BCUT2D eigenvalue weighted by atomic mass is 10.2. The Balaban J connectivity index is 2.44. The third-order valence-electron chi connectivity index (χ3n) is 2.75. The van der Waals surface area contributed by atoms with E-state index in [1.807, 2.05) is 0 Å². The summed E-state index contributed by atoms with van der Waals surface area (Å²) in [6, 6.07) is 3.02. The predicted molar refractivity (Wildman–Crippen MR) is 66.2 cm³/mol. The van der Waals surface area contributed by atoms with E-state index >= 15 is 0 Å². The van der Waals surface area contributed by atoms with Crippen LogP contribution in [-0.2, 0) is 14.8 Å². The number of halogens is 2. The van der Waals surface area contributed by atoms with E-state index in [1.54, 1.807) is 0 Å². The van der Waals surface area contributed by atoms with Crippen LogP contribution in [0.3, 0.4) is 0 Å². The average molecular weight is 308 g/mol. The SMILES string of the molecule is O=C(Cl)c1ccc(F)c(S(=O)(=O)N2CCOCC2)c1. The van der Waals surface area contributed by atoms with E-state index in [1.165, 1.54) is 0 Å². The molecule has 0 radical (unpaired) electrons. The fraction of sp³-hybridized carbons (Fsp3) is 0.364. The fourth-order valence-electron chi connectivity index (χ4n) is 1.75. The number of hydrogen-bond acceptors (Lipinski definition) is 4. The van der Waals surface area contributed by atoms with Crippen LogP contribution in [0.5, 0.6) is 0 Å². The van der Waals surface area contributed by atoms with Gasteiger partial charge in [0, 0.05) is 18.7 Å². The lowest BCUT2D eigenvalue weighted by Gasteiger charge is -2.26. The van der Waals surface area contributed by atoms with Crippen LogP contribution in [0.15, 0.2) is 23.1 Å². The van der Waals surface area contributed by atoms with Gasteiger partial charge < -0.3 is 4.74 Å². The molecule has 8 heteroatoms. The van der Waals surface area contributed by atoms with E-state index < -0.39 is 26.0 Å². The molecule has 1 aromatic carbocycles. The lowest BCUT2D eigenvalue weighted by Crippen LogP contribution is -2.40. The molecule has 0 aromatic heterocycles. The molecule has 0 N–H and O–H groups in total. The molecule has 1 fully saturated rings. The Morgan fingerprint density at radius 2 is 1.95 bits per heavy atom. The largest absolute Gasteiger partial charge is 0.379 e. The summed E-state index contributed by atoms with van der Waals surface area (Å²) in [4.78, 5) is 10.5. The summed E-state index contributed by atoms with van der Waals surface area (Å²) in [7, 11) is -3.98. The Morgan fingerprint density at radius 1 is 1.32 bits per heavy atom. The molecular formula is C11H11ClFNO4S. The van der Waals surface area contributed by atoms with E-state index in [0.29, 0.717) is 0 Å². The van der Waals surface area contributed by atoms with Crippen LogP contribution in [0.25, 0.3) is 0 Å². The third kappa shape index (κ3) is 2.94. The molecule has 1 aliphatic rings. The molecule has 1 aromatic rings. The Bertz CT molecular complexity index is 599. The number of carbonyl (C=O) groups excluding carboxylic acids is 1. The zero-order valence-electron chi connectivity index (χ0n) is 9.80. The molecule has 5 nitrogen and oxygen atoms in total. The summed E-state index contributed by atoms with van der Waals surface area (Å²) in [5.41, 5.74) is -0.0603. The van der Waals surface area contributed by atoms with Gasteiger partial charge in [0.1, 0.15) is 10.7 Å². The highest BCUT2D eigenvalue weighted by Gasteiger charge is 2.29. The molecule has 0 aliphatic carbocycles. The smallest absolute Gasteiger partial charge is 0.252 e. The topological polar surface area (TPSA) is 63.7 Å². The third-order valence-corrected chi connectivity index (χ3v) is 4.88. The first-order valence-electron chi connectivity index (χ1n) is 5.50. The van der Waals surface area contributed by atoms with Crippen molar-refractivity contribution >= 4 is 26.9 Å². The van der Waals surface area contributed by atoms with E-state index in [0.717, 1.165) is 22.5 Å². The molecule has 0 saturated carbocycles. The van der Waals surface area contributed by atoms with Crippen LogP contribution in [0, 0.1) is 5.82 Å². The van der Waals surface area contributed by atoms with Crippen molar-refractivity contribution < 1.29 is 22.3 Å². The second-order valence-corrected chi connectivity index (χ2v) is 6.19. The summed E-state index contributed by atoms with van der Waals surface area (Å²) >= 11 is 5.27. The van der Waals surface area contributed by atoms with Gasteiger partial charge in [-0.3, -0.25) is 4.79 Å². The summed E-state index contributed by atoms with van der Waals surface area (Å²) in [5.74, 6) is -0.909. The first-order valence-corrected chi connectivity index (χ1v) is 7.32. The Kier molecular flexibility index (Phi) is 4.19. The zero-order valence-corrected chi connectivity index (χ0v) is 11.4. The number of carbonyl (C=O) groups is 1. The van der Waals surface area contributed by atoms with Gasteiger partial charge in [0.15, 0.2) is 0 Å². The highest BCUT2D eigenvalue weighted by molar-refractivity contribution is 7.89. The van der Waals surface area contributed by atoms with E-state index in [-0.39, 0.29) is 31.9 Å². The Labute approximate surface area is 115 Å². The lowest BCUT2D eigenvalue weighted by molar-refractivity contribution is 0.0729.